The molecule has 2 fully saturated rings. The molecule has 2 unspecified atom stereocenters. The minimum absolute atomic E-state index is 0.0721. The molecule has 0 bridgehead atoms. The van der Waals surface area contributed by atoms with Crippen LogP contribution in [0.3, 0.4) is 0 Å². The number of aliphatic hydroxyl groups is 1. The van der Waals surface area contributed by atoms with Gasteiger partial charge in [-0.2, -0.15) is 5.26 Å². The molecule has 1 saturated carbocycles. The molecular formula is C16H27N3O2. The predicted molar refractivity (Wildman–Crippen MR) is 80.4 cm³/mol. The second-order valence-electron chi connectivity index (χ2n) is 6.64. The molecule has 118 valence electrons. The van der Waals surface area contributed by atoms with E-state index in [0.717, 1.165) is 51.5 Å². The van der Waals surface area contributed by atoms with Crippen LogP contribution in [0.1, 0.15) is 51.9 Å². The molecule has 1 amide bonds. The van der Waals surface area contributed by atoms with Gasteiger partial charge in [0.05, 0.1) is 19.2 Å². The molecule has 0 spiro atoms. The zero-order valence-corrected chi connectivity index (χ0v) is 13.0. The van der Waals surface area contributed by atoms with Crippen LogP contribution in [-0.4, -0.2) is 47.2 Å². The summed E-state index contributed by atoms with van der Waals surface area (Å²) in [6.07, 6.45) is 6.85. The van der Waals surface area contributed by atoms with E-state index in [1.807, 2.05) is 4.90 Å². The lowest BCUT2D eigenvalue weighted by molar-refractivity contribution is -0.124. The van der Waals surface area contributed by atoms with Crippen LogP contribution in [0.25, 0.3) is 0 Å². The van der Waals surface area contributed by atoms with Crippen molar-refractivity contribution in [2.24, 2.45) is 5.92 Å². The topological polar surface area (TPSA) is 76.4 Å². The Morgan fingerprint density at radius 2 is 2.05 bits per heavy atom. The molecule has 2 N–H and O–H groups in total. The number of carbonyl (C=O) groups excluding carboxylic acids is 1. The van der Waals surface area contributed by atoms with Crippen LogP contribution < -0.4 is 5.32 Å². The van der Waals surface area contributed by atoms with Crippen LogP contribution in [0.15, 0.2) is 0 Å². The Hall–Kier alpha value is -1.12. The van der Waals surface area contributed by atoms with Crippen molar-refractivity contribution in [3.05, 3.63) is 0 Å². The average molecular weight is 293 g/mol. The molecule has 5 nitrogen and oxygen atoms in total. The fourth-order valence-corrected chi connectivity index (χ4v) is 3.67. The molecule has 1 saturated heterocycles. The largest absolute Gasteiger partial charge is 0.395 e. The number of nitriles is 1. The summed E-state index contributed by atoms with van der Waals surface area (Å²) in [5.41, 5.74) is -0.673. The van der Waals surface area contributed by atoms with Gasteiger partial charge in [0, 0.05) is 6.04 Å². The fourth-order valence-electron chi connectivity index (χ4n) is 3.67. The minimum Gasteiger partial charge on any atom is -0.395 e. The van der Waals surface area contributed by atoms with Gasteiger partial charge in [-0.1, -0.05) is 32.6 Å². The van der Waals surface area contributed by atoms with Crippen LogP contribution >= 0.6 is 0 Å². The molecule has 1 aliphatic heterocycles. The Morgan fingerprint density at radius 3 is 2.62 bits per heavy atom. The monoisotopic (exact) mass is 293 g/mol. The number of nitrogens with one attached hydrogen (secondary N) is 1. The number of aliphatic hydroxyl groups excluding tert-OH is 1. The van der Waals surface area contributed by atoms with Crippen LogP contribution in [0, 0.1) is 17.2 Å². The normalized spacial score (nSPS) is 29.6. The first-order valence-corrected chi connectivity index (χ1v) is 8.17. The maximum absolute atomic E-state index is 12.3. The summed E-state index contributed by atoms with van der Waals surface area (Å²) in [6.45, 7) is 3.34. The molecule has 5 heteroatoms. The van der Waals surface area contributed by atoms with E-state index >= 15 is 0 Å². The first-order chi connectivity index (χ1) is 10.1. The van der Waals surface area contributed by atoms with Crippen molar-refractivity contribution in [2.45, 2.75) is 63.5 Å². The van der Waals surface area contributed by atoms with Gasteiger partial charge in [-0.05, 0) is 31.7 Å². The maximum atomic E-state index is 12.3. The van der Waals surface area contributed by atoms with Gasteiger partial charge in [0.25, 0.3) is 0 Å². The average Bonchev–Trinajstić information content (AvgIpc) is 2.68. The zero-order chi connectivity index (χ0) is 15.3. The van der Waals surface area contributed by atoms with E-state index in [1.54, 1.807) is 0 Å². The number of hydrogen-bond donors (Lipinski definition) is 2. The number of amides is 1. The second kappa shape index (κ2) is 7.24. The Morgan fingerprint density at radius 1 is 1.38 bits per heavy atom. The lowest BCUT2D eigenvalue weighted by atomic mass is 9.92. The standard InChI is InChI=1S/C16H27N3O2/c1-13-6-9-19(14(13)11-20)10-15(21)18-16(12-17)7-4-2-3-5-8-16/h13-14,20H,2-11H2,1H3,(H,18,21). The number of nitrogens with zero attached hydrogens (tertiary/aromatic N) is 2. The summed E-state index contributed by atoms with van der Waals surface area (Å²) in [4.78, 5) is 14.4. The third kappa shape index (κ3) is 3.96. The Balaban J connectivity index is 1.92. The number of hydrogen-bond acceptors (Lipinski definition) is 4. The highest BCUT2D eigenvalue weighted by atomic mass is 16.3. The second-order valence-corrected chi connectivity index (χ2v) is 6.64. The highest BCUT2D eigenvalue weighted by Gasteiger charge is 2.35. The van der Waals surface area contributed by atoms with Gasteiger partial charge in [-0.15, -0.1) is 0 Å². The lowest BCUT2D eigenvalue weighted by Gasteiger charge is -2.29. The van der Waals surface area contributed by atoms with Crippen LogP contribution in [0.5, 0.6) is 0 Å². The van der Waals surface area contributed by atoms with Gasteiger partial charge in [-0.3, -0.25) is 9.69 Å². The SMILES string of the molecule is CC1CCN(CC(=O)NC2(C#N)CCCCCC2)C1CO. The third-order valence-electron chi connectivity index (χ3n) is 5.08. The van der Waals surface area contributed by atoms with Gasteiger partial charge in [0.2, 0.25) is 5.91 Å². The molecule has 2 rings (SSSR count). The van der Waals surface area contributed by atoms with Crippen molar-refractivity contribution in [3.8, 4) is 6.07 Å². The summed E-state index contributed by atoms with van der Waals surface area (Å²) in [5.74, 6) is 0.344. The molecular weight excluding hydrogens is 266 g/mol. The molecule has 0 radical (unpaired) electrons. The van der Waals surface area contributed by atoms with Crippen molar-refractivity contribution in [3.63, 3.8) is 0 Å². The van der Waals surface area contributed by atoms with Crippen molar-refractivity contribution < 1.29 is 9.90 Å². The highest BCUT2D eigenvalue weighted by molar-refractivity contribution is 5.79. The molecule has 2 aliphatic rings. The number of carbonyl (C=O) groups is 1. The maximum Gasteiger partial charge on any atom is 0.235 e. The van der Waals surface area contributed by atoms with Crippen LogP contribution in [0.2, 0.25) is 0 Å². The highest BCUT2D eigenvalue weighted by Crippen LogP contribution is 2.27. The predicted octanol–water partition coefficient (Wildman–Crippen LogP) is 1.42. The lowest BCUT2D eigenvalue weighted by Crippen LogP contribution is -2.51. The fraction of sp³-hybridized carbons (Fsp3) is 0.875. The molecule has 2 atom stereocenters. The van der Waals surface area contributed by atoms with Gasteiger partial charge in [-0.25, -0.2) is 0 Å². The van der Waals surface area contributed by atoms with Crippen molar-refractivity contribution in [1.29, 1.82) is 5.26 Å². The summed E-state index contributed by atoms with van der Waals surface area (Å²) in [7, 11) is 0. The summed E-state index contributed by atoms with van der Waals surface area (Å²) < 4.78 is 0. The van der Waals surface area contributed by atoms with E-state index in [9.17, 15) is 15.2 Å². The molecule has 21 heavy (non-hydrogen) atoms. The Kier molecular flexibility index (Phi) is 5.60. The van der Waals surface area contributed by atoms with Crippen molar-refractivity contribution in [2.75, 3.05) is 19.7 Å². The van der Waals surface area contributed by atoms with E-state index in [1.165, 1.54) is 0 Å². The van der Waals surface area contributed by atoms with E-state index in [-0.39, 0.29) is 18.6 Å². The van der Waals surface area contributed by atoms with Crippen molar-refractivity contribution >= 4 is 5.91 Å². The van der Waals surface area contributed by atoms with Crippen LogP contribution in [0.4, 0.5) is 0 Å². The molecule has 0 aromatic carbocycles. The third-order valence-corrected chi connectivity index (χ3v) is 5.08. The van der Waals surface area contributed by atoms with Gasteiger partial charge < -0.3 is 10.4 Å². The van der Waals surface area contributed by atoms with E-state index < -0.39 is 5.54 Å². The van der Waals surface area contributed by atoms with E-state index in [0.29, 0.717) is 12.5 Å². The first-order valence-electron chi connectivity index (χ1n) is 8.17. The first kappa shape index (κ1) is 16.3. The van der Waals surface area contributed by atoms with Gasteiger partial charge in [0.1, 0.15) is 5.54 Å². The zero-order valence-electron chi connectivity index (χ0n) is 13.0. The molecule has 1 aliphatic carbocycles. The molecule has 1 heterocycles. The summed E-state index contributed by atoms with van der Waals surface area (Å²) in [6, 6.07) is 2.42. The van der Waals surface area contributed by atoms with Gasteiger partial charge in [0.15, 0.2) is 0 Å². The van der Waals surface area contributed by atoms with Crippen molar-refractivity contribution in [1.82, 2.24) is 10.2 Å². The van der Waals surface area contributed by atoms with E-state index in [4.69, 9.17) is 0 Å². The molecule has 0 aromatic rings. The van der Waals surface area contributed by atoms with Crippen LogP contribution in [-0.2, 0) is 4.79 Å². The number of likely N-dealkylation sites (tertiary alicyclic amines) is 1. The Labute approximate surface area is 127 Å². The quantitative estimate of drug-likeness (QED) is 0.769. The Bertz CT molecular complexity index is 397. The molecule has 0 aromatic heterocycles. The number of rotatable bonds is 4. The summed E-state index contributed by atoms with van der Waals surface area (Å²) in [5, 5.41) is 21.9. The summed E-state index contributed by atoms with van der Waals surface area (Å²) >= 11 is 0. The smallest absolute Gasteiger partial charge is 0.235 e. The minimum atomic E-state index is -0.673. The van der Waals surface area contributed by atoms with Gasteiger partial charge >= 0.3 is 0 Å². The van der Waals surface area contributed by atoms with E-state index in [2.05, 4.69) is 18.3 Å².